The van der Waals surface area contributed by atoms with Crippen molar-refractivity contribution < 1.29 is 14.3 Å². The van der Waals surface area contributed by atoms with Crippen LogP contribution in [0.15, 0.2) is 42.5 Å². The normalized spacial score (nSPS) is 10.4. The minimum Gasteiger partial charge on any atom is -0.495 e. The van der Waals surface area contributed by atoms with Gasteiger partial charge in [0.2, 0.25) is 5.91 Å². The summed E-state index contributed by atoms with van der Waals surface area (Å²) in [6, 6.07) is 11.7. The molecule has 0 saturated heterocycles. The van der Waals surface area contributed by atoms with Crippen molar-refractivity contribution in [2.24, 2.45) is 5.92 Å². The van der Waals surface area contributed by atoms with Gasteiger partial charge in [-0.2, -0.15) is 0 Å². The summed E-state index contributed by atoms with van der Waals surface area (Å²) in [7, 11) is 1.52. The van der Waals surface area contributed by atoms with E-state index in [9.17, 15) is 9.59 Å². The second kappa shape index (κ2) is 8.53. The van der Waals surface area contributed by atoms with Gasteiger partial charge >= 0.3 is 0 Å². The van der Waals surface area contributed by atoms with Gasteiger partial charge in [0.25, 0.3) is 5.91 Å². The Morgan fingerprint density at radius 2 is 1.76 bits per heavy atom. The molecule has 0 aromatic heterocycles. The fraction of sp³-hybridized carbons (Fsp3) is 0.263. The fourth-order valence-electron chi connectivity index (χ4n) is 2.26. The van der Waals surface area contributed by atoms with E-state index in [4.69, 9.17) is 16.3 Å². The highest BCUT2D eigenvalue weighted by atomic mass is 35.5. The van der Waals surface area contributed by atoms with Gasteiger partial charge in [-0.3, -0.25) is 9.59 Å². The van der Waals surface area contributed by atoms with Gasteiger partial charge in [-0.15, -0.1) is 0 Å². The van der Waals surface area contributed by atoms with E-state index in [0.29, 0.717) is 34.1 Å². The van der Waals surface area contributed by atoms with E-state index in [1.165, 1.54) is 7.11 Å². The summed E-state index contributed by atoms with van der Waals surface area (Å²) in [5.41, 5.74) is 1.61. The first-order valence-electron chi connectivity index (χ1n) is 7.94. The van der Waals surface area contributed by atoms with Crippen LogP contribution in [0.5, 0.6) is 5.75 Å². The van der Waals surface area contributed by atoms with Crippen LogP contribution in [-0.4, -0.2) is 18.9 Å². The minimum atomic E-state index is -0.291. The summed E-state index contributed by atoms with van der Waals surface area (Å²) in [6.07, 6.45) is 0.455. The quantitative estimate of drug-likeness (QED) is 0.791. The number of anilines is 2. The van der Waals surface area contributed by atoms with Crippen molar-refractivity contribution in [1.29, 1.82) is 0 Å². The lowest BCUT2D eigenvalue weighted by atomic mass is 10.1. The Labute approximate surface area is 152 Å². The average molecular weight is 361 g/mol. The third-order valence-electron chi connectivity index (χ3n) is 3.43. The average Bonchev–Trinajstić information content (AvgIpc) is 2.55. The zero-order valence-corrected chi connectivity index (χ0v) is 15.2. The molecule has 0 aliphatic heterocycles. The molecule has 0 saturated carbocycles. The lowest BCUT2D eigenvalue weighted by molar-refractivity contribution is -0.116. The third kappa shape index (κ3) is 5.50. The number of ether oxygens (including phenoxy) is 1. The predicted octanol–water partition coefficient (Wildman–Crippen LogP) is 4.59. The van der Waals surface area contributed by atoms with Crippen molar-refractivity contribution >= 4 is 34.8 Å². The van der Waals surface area contributed by atoms with Crippen LogP contribution >= 0.6 is 11.6 Å². The van der Waals surface area contributed by atoms with Gasteiger partial charge in [-0.1, -0.05) is 25.4 Å². The summed E-state index contributed by atoms with van der Waals surface area (Å²) in [4.78, 5) is 24.1. The van der Waals surface area contributed by atoms with E-state index in [1.54, 1.807) is 42.5 Å². The van der Waals surface area contributed by atoms with E-state index in [-0.39, 0.29) is 17.7 Å². The van der Waals surface area contributed by atoms with Gasteiger partial charge in [0.05, 0.1) is 12.8 Å². The number of carbonyl (C=O) groups is 2. The molecule has 0 atom stereocenters. The van der Waals surface area contributed by atoms with E-state index in [1.807, 2.05) is 13.8 Å². The monoisotopic (exact) mass is 360 g/mol. The Morgan fingerprint density at radius 1 is 1.08 bits per heavy atom. The van der Waals surface area contributed by atoms with Crippen LogP contribution < -0.4 is 15.4 Å². The molecular weight excluding hydrogens is 340 g/mol. The van der Waals surface area contributed by atoms with Crippen molar-refractivity contribution in [2.75, 3.05) is 17.7 Å². The molecule has 0 unspecified atom stereocenters. The fourth-order valence-corrected chi connectivity index (χ4v) is 2.43. The SMILES string of the molecule is COc1ccc(Cl)cc1NC(=O)c1ccc(NC(=O)CC(C)C)cc1. The molecule has 2 amide bonds. The topological polar surface area (TPSA) is 67.4 Å². The smallest absolute Gasteiger partial charge is 0.255 e. The van der Waals surface area contributed by atoms with Gasteiger partial charge in [-0.25, -0.2) is 0 Å². The van der Waals surface area contributed by atoms with Gasteiger partial charge < -0.3 is 15.4 Å². The lowest BCUT2D eigenvalue weighted by Gasteiger charge is -2.11. The number of rotatable bonds is 6. The highest BCUT2D eigenvalue weighted by Crippen LogP contribution is 2.28. The number of benzene rings is 2. The number of carbonyl (C=O) groups excluding carboxylic acids is 2. The molecule has 0 aliphatic carbocycles. The standard InChI is InChI=1S/C19H21ClN2O3/c1-12(2)10-18(23)21-15-7-4-13(5-8-15)19(24)22-16-11-14(20)6-9-17(16)25-3/h4-9,11-12H,10H2,1-3H3,(H,21,23)(H,22,24). The molecule has 2 aromatic carbocycles. The van der Waals surface area contributed by atoms with Gasteiger partial charge in [0, 0.05) is 22.7 Å². The Balaban J connectivity index is 2.06. The zero-order chi connectivity index (χ0) is 18.4. The molecule has 0 fully saturated rings. The van der Waals surface area contributed by atoms with Crippen LogP contribution in [0, 0.1) is 5.92 Å². The maximum atomic E-state index is 12.4. The maximum absolute atomic E-state index is 12.4. The molecule has 6 heteroatoms. The van der Waals surface area contributed by atoms with Gasteiger partial charge in [-0.05, 0) is 48.4 Å². The predicted molar refractivity (Wildman–Crippen MR) is 100 cm³/mol. The molecule has 2 aromatic rings. The van der Waals surface area contributed by atoms with Crippen molar-refractivity contribution in [3.05, 3.63) is 53.1 Å². The summed E-state index contributed by atoms with van der Waals surface area (Å²) >= 11 is 5.96. The van der Waals surface area contributed by atoms with Crippen LogP contribution in [0.2, 0.25) is 5.02 Å². The first kappa shape index (κ1) is 18.8. The van der Waals surface area contributed by atoms with Crippen LogP contribution in [0.4, 0.5) is 11.4 Å². The molecule has 25 heavy (non-hydrogen) atoms. The number of halogens is 1. The first-order chi connectivity index (χ1) is 11.9. The Morgan fingerprint density at radius 3 is 2.36 bits per heavy atom. The van der Waals surface area contributed by atoms with Crippen molar-refractivity contribution in [3.63, 3.8) is 0 Å². The number of nitrogens with one attached hydrogen (secondary N) is 2. The summed E-state index contributed by atoms with van der Waals surface area (Å²) in [5.74, 6) is 0.476. The Hall–Kier alpha value is -2.53. The largest absolute Gasteiger partial charge is 0.495 e. The molecule has 0 aliphatic rings. The first-order valence-corrected chi connectivity index (χ1v) is 8.31. The van der Waals surface area contributed by atoms with Crippen molar-refractivity contribution in [3.8, 4) is 5.75 Å². The second-order valence-electron chi connectivity index (χ2n) is 6.02. The van der Waals surface area contributed by atoms with Crippen LogP contribution in [-0.2, 0) is 4.79 Å². The third-order valence-corrected chi connectivity index (χ3v) is 3.67. The van der Waals surface area contributed by atoms with Crippen LogP contribution in [0.25, 0.3) is 0 Å². The molecular formula is C19H21ClN2O3. The Bertz CT molecular complexity index is 758. The number of methoxy groups -OCH3 is 1. The molecule has 132 valence electrons. The minimum absolute atomic E-state index is 0.0455. The van der Waals surface area contributed by atoms with Crippen LogP contribution in [0.3, 0.4) is 0 Å². The van der Waals surface area contributed by atoms with E-state index >= 15 is 0 Å². The molecule has 2 N–H and O–H groups in total. The summed E-state index contributed by atoms with van der Waals surface area (Å²) in [5, 5.41) is 6.08. The van der Waals surface area contributed by atoms with Crippen molar-refractivity contribution in [1.82, 2.24) is 0 Å². The van der Waals surface area contributed by atoms with E-state index in [2.05, 4.69) is 10.6 Å². The van der Waals surface area contributed by atoms with E-state index < -0.39 is 0 Å². The molecule has 0 heterocycles. The molecule has 2 rings (SSSR count). The molecule has 0 spiro atoms. The maximum Gasteiger partial charge on any atom is 0.255 e. The van der Waals surface area contributed by atoms with Gasteiger partial charge in [0.15, 0.2) is 0 Å². The number of hydrogen-bond acceptors (Lipinski definition) is 3. The van der Waals surface area contributed by atoms with Crippen molar-refractivity contribution in [2.45, 2.75) is 20.3 Å². The number of hydrogen-bond donors (Lipinski definition) is 2. The highest BCUT2D eigenvalue weighted by Gasteiger charge is 2.11. The molecule has 5 nitrogen and oxygen atoms in total. The number of amides is 2. The summed E-state index contributed by atoms with van der Waals surface area (Å²) < 4.78 is 5.21. The van der Waals surface area contributed by atoms with E-state index in [0.717, 1.165) is 0 Å². The second-order valence-corrected chi connectivity index (χ2v) is 6.46. The van der Waals surface area contributed by atoms with Gasteiger partial charge in [0.1, 0.15) is 5.75 Å². The van der Waals surface area contributed by atoms with Crippen LogP contribution in [0.1, 0.15) is 30.6 Å². The molecule has 0 radical (unpaired) electrons. The summed E-state index contributed by atoms with van der Waals surface area (Å²) in [6.45, 7) is 3.97. The lowest BCUT2D eigenvalue weighted by Crippen LogP contribution is -2.15. The highest BCUT2D eigenvalue weighted by molar-refractivity contribution is 6.31. The Kier molecular flexibility index (Phi) is 6.42. The zero-order valence-electron chi connectivity index (χ0n) is 14.4. The molecule has 0 bridgehead atoms.